The molecule has 0 radical (unpaired) electrons. The predicted molar refractivity (Wildman–Crippen MR) is 47.0 cm³/mol. The van der Waals surface area contributed by atoms with Gasteiger partial charge in [-0.05, 0) is 12.8 Å². The third kappa shape index (κ3) is 2.89. The van der Waals surface area contributed by atoms with Crippen molar-refractivity contribution < 1.29 is 14.3 Å². The number of rotatable bonds is 2. The Kier molecular flexibility index (Phi) is 3.49. The van der Waals surface area contributed by atoms with Crippen LogP contribution < -0.4 is 0 Å². The Morgan fingerprint density at radius 3 is 2.38 bits per heavy atom. The number of carbonyl (C=O) groups excluding carboxylic acids is 2. The number of hydrogen-bond donors (Lipinski definition) is 0. The second-order valence-corrected chi connectivity index (χ2v) is 2.89. The molecule has 0 saturated carbocycles. The fourth-order valence-corrected chi connectivity index (χ4v) is 1.25. The van der Waals surface area contributed by atoms with Gasteiger partial charge in [-0.2, -0.15) is 0 Å². The first-order valence-electron chi connectivity index (χ1n) is 4.29. The van der Waals surface area contributed by atoms with E-state index < -0.39 is 5.97 Å². The minimum atomic E-state index is -0.493. The van der Waals surface area contributed by atoms with Crippen LogP contribution in [-0.4, -0.2) is 37.0 Å². The SMILES string of the molecule is COC(=O)/C=C/C(=O)N1CCCC1. The molecule has 1 rings (SSSR count). The molecule has 1 amide bonds. The van der Waals surface area contributed by atoms with Gasteiger partial charge in [0.2, 0.25) is 5.91 Å². The number of methoxy groups -OCH3 is 1. The van der Waals surface area contributed by atoms with Crippen molar-refractivity contribution in [3.05, 3.63) is 12.2 Å². The van der Waals surface area contributed by atoms with Gasteiger partial charge in [-0.3, -0.25) is 4.79 Å². The van der Waals surface area contributed by atoms with Crippen LogP contribution in [0.5, 0.6) is 0 Å². The van der Waals surface area contributed by atoms with Gasteiger partial charge in [-0.15, -0.1) is 0 Å². The molecule has 72 valence electrons. The van der Waals surface area contributed by atoms with E-state index in [2.05, 4.69) is 4.74 Å². The summed E-state index contributed by atoms with van der Waals surface area (Å²) in [6.45, 7) is 1.59. The second-order valence-electron chi connectivity index (χ2n) is 2.89. The van der Waals surface area contributed by atoms with Gasteiger partial charge in [0.15, 0.2) is 0 Å². The van der Waals surface area contributed by atoms with Crippen LogP contribution in [-0.2, 0) is 14.3 Å². The molecular weight excluding hydrogens is 170 g/mol. The van der Waals surface area contributed by atoms with Crippen molar-refractivity contribution >= 4 is 11.9 Å². The summed E-state index contributed by atoms with van der Waals surface area (Å²) in [5.74, 6) is -0.601. The number of carbonyl (C=O) groups is 2. The van der Waals surface area contributed by atoms with Gasteiger partial charge in [0.05, 0.1) is 7.11 Å². The zero-order valence-electron chi connectivity index (χ0n) is 7.66. The Hall–Kier alpha value is -1.32. The molecule has 4 nitrogen and oxygen atoms in total. The summed E-state index contributed by atoms with van der Waals surface area (Å²) in [7, 11) is 1.28. The fraction of sp³-hybridized carbons (Fsp3) is 0.556. The quantitative estimate of drug-likeness (QED) is 0.458. The van der Waals surface area contributed by atoms with Gasteiger partial charge in [-0.25, -0.2) is 4.79 Å². The molecule has 0 spiro atoms. The van der Waals surface area contributed by atoms with Gasteiger partial charge in [-0.1, -0.05) is 0 Å². The monoisotopic (exact) mass is 183 g/mol. The summed E-state index contributed by atoms with van der Waals surface area (Å²) in [4.78, 5) is 23.7. The molecule has 1 aliphatic heterocycles. The summed E-state index contributed by atoms with van der Waals surface area (Å²) in [6.07, 6.45) is 4.52. The topological polar surface area (TPSA) is 46.6 Å². The predicted octanol–water partition coefficient (Wildman–Crippen LogP) is 0.338. The lowest BCUT2D eigenvalue weighted by molar-refractivity contribution is -0.135. The first kappa shape index (κ1) is 9.77. The highest BCUT2D eigenvalue weighted by atomic mass is 16.5. The highest BCUT2D eigenvalue weighted by molar-refractivity contribution is 5.94. The first-order chi connectivity index (χ1) is 6.24. The third-order valence-corrected chi connectivity index (χ3v) is 1.98. The van der Waals surface area contributed by atoms with Crippen LogP contribution in [0.3, 0.4) is 0 Å². The number of esters is 1. The zero-order valence-corrected chi connectivity index (χ0v) is 7.66. The van der Waals surface area contributed by atoms with Crippen LogP contribution in [0.1, 0.15) is 12.8 Å². The second kappa shape index (κ2) is 4.64. The lowest BCUT2D eigenvalue weighted by Crippen LogP contribution is -2.25. The average Bonchev–Trinajstić information content (AvgIpc) is 2.66. The third-order valence-electron chi connectivity index (χ3n) is 1.98. The van der Waals surface area contributed by atoms with Crippen molar-refractivity contribution in [2.75, 3.05) is 20.2 Å². The minimum Gasteiger partial charge on any atom is -0.466 e. The molecule has 0 aliphatic carbocycles. The summed E-state index contributed by atoms with van der Waals surface area (Å²) in [6, 6.07) is 0. The van der Waals surface area contributed by atoms with Crippen molar-refractivity contribution in [3.8, 4) is 0 Å². The molecule has 0 aromatic carbocycles. The molecule has 0 N–H and O–H groups in total. The van der Waals surface area contributed by atoms with E-state index in [9.17, 15) is 9.59 Å². The molecule has 0 aromatic heterocycles. The van der Waals surface area contributed by atoms with Crippen LogP contribution in [0.25, 0.3) is 0 Å². The standard InChI is InChI=1S/C9H13NO3/c1-13-9(12)5-4-8(11)10-6-2-3-7-10/h4-5H,2-3,6-7H2,1H3/b5-4+. The Bertz CT molecular complexity index is 229. The Labute approximate surface area is 77.2 Å². The molecule has 1 aliphatic rings. The molecule has 1 saturated heterocycles. The molecule has 1 heterocycles. The largest absolute Gasteiger partial charge is 0.466 e. The normalized spacial score (nSPS) is 16.5. The maximum absolute atomic E-state index is 11.3. The van der Waals surface area contributed by atoms with E-state index in [4.69, 9.17) is 0 Å². The summed E-state index contributed by atoms with van der Waals surface area (Å²) in [5.41, 5.74) is 0. The highest BCUT2D eigenvalue weighted by Crippen LogP contribution is 2.07. The summed E-state index contributed by atoms with van der Waals surface area (Å²) < 4.78 is 4.37. The maximum Gasteiger partial charge on any atom is 0.330 e. The molecule has 0 atom stereocenters. The van der Waals surface area contributed by atoms with Crippen LogP contribution in [0, 0.1) is 0 Å². The lowest BCUT2D eigenvalue weighted by Gasteiger charge is -2.11. The van der Waals surface area contributed by atoms with Gasteiger partial charge in [0, 0.05) is 25.2 Å². The van der Waals surface area contributed by atoms with E-state index >= 15 is 0 Å². The average molecular weight is 183 g/mol. The van der Waals surface area contributed by atoms with Crippen molar-refractivity contribution in [2.45, 2.75) is 12.8 Å². The van der Waals surface area contributed by atoms with Gasteiger partial charge >= 0.3 is 5.97 Å². The summed E-state index contributed by atoms with van der Waals surface area (Å²) >= 11 is 0. The maximum atomic E-state index is 11.3. The molecule has 0 aromatic rings. The fourth-order valence-electron chi connectivity index (χ4n) is 1.25. The Morgan fingerprint density at radius 1 is 1.23 bits per heavy atom. The van der Waals surface area contributed by atoms with E-state index in [-0.39, 0.29) is 5.91 Å². The van der Waals surface area contributed by atoms with Crippen LogP contribution in [0.15, 0.2) is 12.2 Å². The van der Waals surface area contributed by atoms with E-state index in [1.54, 1.807) is 4.90 Å². The number of likely N-dealkylation sites (tertiary alicyclic amines) is 1. The molecule has 0 unspecified atom stereocenters. The first-order valence-corrected chi connectivity index (χ1v) is 4.29. The Morgan fingerprint density at radius 2 is 1.85 bits per heavy atom. The molecular formula is C9H13NO3. The van der Waals surface area contributed by atoms with Crippen molar-refractivity contribution in [3.63, 3.8) is 0 Å². The molecule has 0 bridgehead atoms. The van der Waals surface area contributed by atoms with Crippen LogP contribution in [0.4, 0.5) is 0 Å². The smallest absolute Gasteiger partial charge is 0.330 e. The summed E-state index contributed by atoms with van der Waals surface area (Å²) in [5, 5.41) is 0. The molecule has 13 heavy (non-hydrogen) atoms. The van der Waals surface area contributed by atoms with E-state index in [1.165, 1.54) is 13.2 Å². The zero-order chi connectivity index (χ0) is 9.68. The van der Waals surface area contributed by atoms with Crippen molar-refractivity contribution in [1.29, 1.82) is 0 Å². The van der Waals surface area contributed by atoms with E-state index in [0.717, 1.165) is 32.0 Å². The van der Waals surface area contributed by atoms with E-state index in [0.29, 0.717) is 0 Å². The lowest BCUT2D eigenvalue weighted by atomic mass is 10.4. The number of nitrogens with zero attached hydrogens (tertiary/aromatic N) is 1. The van der Waals surface area contributed by atoms with Gasteiger partial charge < -0.3 is 9.64 Å². The van der Waals surface area contributed by atoms with Crippen LogP contribution >= 0.6 is 0 Å². The molecule has 4 heteroatoms. The Balaban J connectivity index is 2.39. The van der Waals surface area contributed by atoms with Crippen molar-refractivity contribution in [1.82, 2.24) is 4.90 Å². The van der Waals surface area contributed by atoms with E-state index in [1.807, 2.05) is 0 Å². The van der Waals surface area contributed by atoms with Gasteiger partial charge in [0.25, 0.3) is 0 Å². The molecule has 1 fully saturated rings. The van der Waals surface area contributed by atoms with Crippen molar-refractivity contribution in [2.24, 2.45) is 0 Å². The minimum absolute atomic E-state index is 0.108. The number of hydrogen-bond acceptors (Lipinski definition) is 3. The number of ether oxygens (including phenoxy) is 1. The van der Waals surface area contributed by atoms with Gasteiger partial charge in [0.1, 0.15) is 0 Å². The number of amides is 1. The van der Waals surface area contributed by atoms with Crippen LogP contribution in [0.2, 0.25) is 0 Å². The highest BCUT2D eigenvalue weighted by Gasteiger charge is 2.15.